The number of rotatable bonds is 4. The van der Waals surface area contributed by atoms with Crippen molar-refractivity contribution < 1.29 is 22.6 Å². The van der Waals surface area contributed by atoms with Crippen LogP contribution in [0.25, 0.3) is 0 Å². The summed E-state index contributed by atoms with van der Waals surface area (Å²) in [6, 6.07) is 4.14. The van der Waals surface area contributed by atoms with Gasteiger partial charge in [0.2, 0.25) is 5.79 Å². The highest BCUT2D eigenvalue weighted by atomic mass is 19.4. The second kappa shape index (κ2) is 5.23. The predicted molar refractivity (Wildman–Crippen MR) is 68.3 cm³/mol. The minimum Gasteiger partial charge on any atom is -0.360 e. The van der Waals surface area contributed by atoms with Gasteiger partial charge in [0.05, 0.1) is 18.7 Å². The Morgan fingerprint density at radius 2 is 1.85 bits per heavy atom. The molecular formula is C13H17F3N2O2. The average Bonchev–Trinajstić information content (AvgIpc) is 2.37. The highest BCUT2D eigenvalue weighted by Crippen LogP contribution is 2.40. The minimum absolute atomic E-state index is 0.0729. The number of alkyl halides is 3. The Labute approximate surface area is 115 Å². The molecule has 4 nitrogen and oxygen atoms in total. The molecule has 0 aromatic heterocycles. The fourth-order valence-corrected chi connectivity index (χ4v) is 2.26. The third kappa shape index (κ3) is 2.61. The van der Waals surface area contributed by atoms with E-state index in [2.05, 4.69) is 0 Å². The van der Waals surface area contributed by atoms with Crippen LogP contribution in [0.3, 0.4) is 0 Å². The Bertz CT molecular complexity index is 479. The molecule has 1 aromatic carbocycles. The Hall–Kier alpha value is -1.31. The lowest BCUT2D eigenvalue weighted by molar-refractivity contribution is -0.219. The Balaban J connectivity index is 2.30. The van der Waals surface area contributed by atoms with E-state index in [4.69, 9.17) is 15.2 Å². The number of hydrogen-bond acceptors (Lipinski definition) is 4. The molecule has 20 heavy (non-hydrogen) atoms. The van der Waals surface area contributed by atoms with E-state index < -0.39 is 17.5 Å². The number of anilines is 1. The van der Waals surface area contributed by atoms with Crippen molar-refractivity contribution in [2.45, 2.75) is 18.5 Å². The molecule has 1 aromatic rings. The van der Waals surface area contributed by atoms with E-state index in [9.17, 15) is 13.2 Å². The van der Waals surface area contributed by atoms with Gasteiger partial charge >= 0.3 is 6.18 Å². The first-order chi connectivity index (χ1) is 9.35. The molecule has 1 aliphatic heterocycles. The van der Waals surface area contributed by atoms with Gasteiger partial charge in [-0.25, -0.2) is 0 Å². The van der Waals surface area contributed by atoms with Crippen molar-refractivity contribution in [2.75, 3.05) is 32.2 Å². The lowest BCUT2D eigenvalue weighted by atomic mass is 10.0. The first-order valence-electron chi connectivity index (χ1n) is 6.10. The van der Waals surface area contributed by atoms with Crippen LogP contribution in [0.1, 0.15) is 11.1 Å². The monoisotopic (exact) mass is 290 g/mol. The van der Waals surface area contributed by atoms with E-state index >= 15 is 0 Å². The van der Waals surface area contributed by atoms with Crippen LogP contribution in [0.2, 0.25) is 0 Å². The molecule has 0 spiro atoms. The third-order valence-corrected chi connectivity index (χ3v) is 3.55. The summed E-state index contributed by atoms with van der Waals surface area (Å²) >= 11 is 0. The lowest BCUT2D eigenvalue weighted by Gasteiger charge is -2.49. The van der Waals surface area contributed by atoms with Crippen molar-refractivity contribution in [1.82, 2.24) is 0 Å². The highest BCUT2D eigenvalue weighted by molar-refractivity contribution is 5.59. The van der Waals surface area contributed by atoms with E-state index in [0.29, 0.717) is 5.56 Å². The normalized spacial score (nSPS) is 18.0. The largest absolute Gasteiger partial charge is 0.418 e. The van der Waals surface area contributed by atoms with E-state index in [-0.39, 0.29) is 25.3 Å². The predicted octanol–water partition coefficient (Wildman–Crippen LogP) is 1.97. The van der Waals surface area contributed by atoms with Crippen LogP contribution in [0.4, 0.5) is 18.9 Å². The molecule has 7 heteroatoms. The summed E-state index contributed by atoms with van der Waals surface area (Å²) in [6.45, 7) is 0.583. The summed E-state index contributed by atoms with van der Waals surface area (Å²) < 4.78 is 49.7. The number of halogens is 3. The maximum atomic E-state index is 13.1. The van der Waals surface area contributed by atoms with E-state index in [0.717, 1.165) is 6.07 Å². The minimum atomic E-state index is -4.42. The van der Waals surface area contributed by atoms with Crippen LogP contribution in [-0.2, 0) is 22.2 Å². The van der Waals surface area contributed by atoms with Gasteiger partial charge in [-0.1, -0.05) is 6.07 Å². The second-order valence-corrected chi connectivity index (χ2v) is 4.73. The maximum Gasteiger partial charge on any atom is 0.418 e. The van der Waals surface area contributed by atoms with Gasteiger partial charge in [-0.3, -0.25) is 0 Å². The molecule has 0 aliphatic carbocycles. The average molecular weight is 290 g/mol. The van der Waals surface area contributed by atoms with E-state index in [1.54, 1.807) is 11.0 Å². The van der Waals surface area contributed by atoms with Crippen LogP contribution in [-0.4, -0.2) is 33.1 Å². The van der Waals surface area contributed by atoms with Crippen molar-refractivity contribution in [3.63, 3.8) is 0 Å². The zero-order chi connectivity index (χ0) is 15.0. The zero-order valence-corrected chi connectivity index (χ0v) is 11.3. The molecule has 0 amide bonds. The molecule has 0 radical (unpaired) electrons. The van der Waals surface area contributed by atoms with Crippen LogP contribution < -0.4 is 10.6 Å². The van der Waals surface area contributed by atoms with Gasteiger partial charge in [-0.2, -0.15) is 13.2 Å². The van der Waals surface area contributed by atoms with Crippen LogP contribution in [0.5, 0.6) is 0 Å². The highest BCUT2D eigenvalue weighted by Gasteiger charge is 2.46. The molecular weight excluding hydrogens is 273 g/mol. The summed E-state index contributed by atoms with van der Waals surface area (Å²) in [5, 5.41) is 0. The summed E-state index contributed by atoms with van der Waals surface area (Å²) in [5.41, 5.74) is 5.30. The molecule has 2 rings (SSSR count). The van der Waals surface area contributed by atoms with Gasteiger partial charge in [-0.15, -0.1) is 0 Å². The molecule has 1 saturated heterocycles. The summed E-state index contributed by atoms with van der Waals surface area (Å²) in [6.07, 6.45) is -4.42. The fraction of sp³-hybridized carbons (Fsp3) is 0.538. The van der Waals surface area contributed by atoms with Gasteiger partial charge < -0.3 is 20.1 Å². The number of methoxy groups -OCH3 is 2. The standard InChI is InChI=1S/C13H17F3N2O2/c1-19-12(20-2)7-18(8-12)11-4-3-9(6-17)5-10(11)13(14,15)16/h3-5H,6-8,17H2,1-2H3. The SMILES string of the molecule is COC1(OC)CN(c2ccc(CN)cc2C(F)(F)F)C1. The number of nitrogens with zero attached hydrogens (tertiary/aromatic N) is 1. The number of nitrogens with two attached hydrogens (primary N) is 1. The molecule has 112 valence electrons. The molecule has 1 aliphatic rings. The van der Waals surface area contributed by atoms with Gasteiger partial charge in [-0.05, 0) is 17.7 Å². The Kier molecular flexibility index (Phi) is 3.95. The van der Waals surface area contributed by atoms with Gasteiger partial charge in [0.25, 0.3) is 0 Å². The molecule has 0 unspecified atom stereocenters. The Morgan fingerprint density at radius 3 is 2.30 bits per heavy atom. The van der Waals surface area contributed by atoms with Crippen molar-refractivity contribution in [3.05, 3.63) is 29.3 Å². The smallest absolute Gasteiger partial charge is 0.360 e. The van der Waals surface area contributed by atoms with Crippen molar-refractivity contribution in [3.8, 4) is 0 Å². The quantitative estimate of drug-likeness (QED) is 0.861. The van der Waals surface area contributed by atoms with Crippen molar-refractivity contribution in [2.24, 2.45) is 5.73 Å². The van der Waals surface area contributed by atoms with Crippen LogP contribution in [0.15, 0.2) is 18.2 Å². The third-order valence-electron chi connectivity index (χ3n) is 3.55. The van der Waals surface area contributed by atoms with Gasteiger partial charge in [0.15, 0.2) is 0 Å². The number of benzene rings is 1. The topological polar surface area (TPSA) is 47.7 Å². The maximum absolute atomic E-state index is 13.1. The molecule has 1 fully saturated rings. The summed E-state index contributed by atoms with van der Waals surface area (Å²) in [7, 11) is 2.95. The molecule has 1 heterocycles. The summed E-state index contributed by atoms with van der Waals surface area (Å²) in [5.74, 6) is -0.824. The number of hydrogen-bond donors (Lipinski definition) is 1. The molecule has 2 N–H and O–H groups in total. The van der Waals surface area contributed by atoms with Crippen molar-refractivity contribution in [1.29, 1.82) is 0 Å². The summed E-state index contributed by atoms with van der Waals surface area (Å²) in [4.78, 5) is 1.58. The van der Waals surface area contributed by atoms with Crippen LogP contribution in [0, 0.1) is 0 Å². The van der Waals surface area contributed by atoms with Gasteiger partial charge in [0.1, 0.15) is 0 Å². The molecule has 0 saturated carbocycles. The molecule has 0 atom stereocenters. The van der Waals surface area contributed by atoms with E-state index in [1.807, 2.05) is 0 Å². The van der Waals surface area contributed by atoms with Gasteiger partial charge in [0, 0.05) is 26.5 Å². The first kappa shape index (κ1) is 15.1. The fourth-order valence-electron chi connectivity index (χ4n) is 2.26. The Morgan fingerprint density at radius 1 is 1.25 bits per heavy atom. The molecule has 0 bridgehead atoms. The number of ether oxygens (including phenoxy) is 2. The first-order valence-corrected chi connectivity index (χ1v) is 6.10. The van der Waals surface area contributed by atoms with E-state index in [1.165, 1.54) is 20.3 Å². The van der Waals surface area contributed by atoms with Crippen molar-refractivity contribution >= 4 is 5.69 Å². The van der Waals surface area contributed by atoms with Crippen LogP contribution >= 0.6 is 0 Å². The lowest BCUT2D eigenvalue weighted by Crippen LogP contribution is -2.64. The zero-order valence-electron chi connectivity index (χ0n) is 11.3. The second-order valence-electron chi connectivity index (χ2n) is 4.73.